The van der Waals surface area contributed by atoms with Crippen LogP contribution >= 0.6 is 22.6 Å². The molecule has 0 atom stereocenters. The predicted octanol–water partition coefficient (Wildman–Crippen LogP) is 1.49. The van der Waals surface area contributed by atoms with Crippen molar-refractivity contribution in [1.29, 1.82) is 0 Å². The second-order valence-electron chi connectivity index (χ2n) is 3.72. The number of amides is 1. The third-order valence-electron chi connectivity index (χ3n) is 2.16. The molecule has 0 spiro atoms. The van der Waals surface area contributed by atoms with Gasteiger partial charge in [0.15, 0.2) is 0 Å². The van der Waals surface area contributed by atoms with Gasteiger partial charge in [0.25, 0.3) is 0 Å². The summed E-state index contributed by atoms with van der Waals surface area (Å²) < 4.78 is 1.13. The summed E-state index contributed by atoms with van der Waals surface area (Å²) >= 11 is 2.24. The van der Waals surface area contributed by atoms with Crippen molar-refractivity contribution in [3.63, 3.8) is 0 Å². The van der Waals surface area contributed by atoms with Crippen molar-refractivity contribution in [3.8, 4) is 0 Å². The van der Waals surface area contributed by atoms with Crippen molar-refractivity contribution in [2.24, 2.45) is 5.73 Å². The maximum Gasteiger partial charge on any atom is 0.248 e. The van der Waals surface area contributed by atoms with Gasteiger partial charge < -0.3 is 10.6 Å². The Bertz CT molecular complexity index is 364. The molecule has 1 amide bonds. The number of carbonyl (C=O) groups is 1. The van der Waals surface area contributed by atoms with Crippen molar-refractivity contribution < 1.29 is 4.79 Å². The van der Waals surface area contributed by atoms with Crippen molar-refractivity contribution in [2.45, 2.75) is 6.42 Å². The van der Waals surface area contributed by atoms with E-state index in [9.17, 15) is 4.79 Å². The summed E-state index contributed by atoms with van der Waals surface area (Å²) in [4.78, 5) is 13.3. The van der Waals surface area contributed by atoms with E-state index < -0.39 is 0 Å². The molecule has 1 aromatic rings. The molecule has 0 unspecified atom stereocenters. The zero-order valence-electron chi connectivity index (χ0n) is 8.96. The fourth-order valence-electron chi connectivity index (χ4n) is 1.35. The first-order chi connectivity index (χ1) is 7.00. The first kappa shape index (κ1) is 12.4. The van der Waals surface area contributed by atoms with Gasteiger partial charge in [0.05, 0.1) is 0 Å². The second kappa shape index (κ2) is 5.46. The number of likely N-dealkylation sites (N-methyl/N-ethyl adjacent to an activating group) is 1. The van der Waals surface area contributed by atoms with Crippen molar-refractivity contribution in [3.05, 3.63) is 32.9 Å². The van der Waals surface area contributed by atoms with Gasteiger partial charge in [-0.3, -0.25) is 4.79 Å². The third kappa shape index (κ3) is 3.79. The number of hydrogen-bond acceptors (Lipinski definition) is 2. The van der Waals surface area contributed by atoms with E-state index in [0.29, 0.717) is 5.56 Å². The number of rotatable bonds is 4. The zero-order chi connectivity index (χ0) is 11.4. The Morgan fingerprint density at radius 3 is 2.67 bits per heavy atom. The van der Waals surface area contributed by atoms with Gasteiger partial charge in [-0.05, 0) is 66.9 Å². The molecular weight excluding hydrogens is 303 g/mol. The van der Waals surface area contributed by atoms with E-state index in [-0.39, 0.29) is 5.91 Å². The highest BCUT2D eigenvalue weighted by atomic mass is 127. The largest absolute Gasteiger partial charge is 0.366 e. The van der Waals surface area contributed by atoms with Gasteiger partial charge in [0.1, 0.15) is 0 Å². The highest BCUT2D eigenvalue weighted by molar-refractivity contribution is 14.1. The Balaban J connectivity index is 2.92. The number of nitrogens with zero attached hydrogens (tertiary/aromatic N) is 1. The number of halogens is 1. The normalized spacial score (nSPS) is 10.7. The highest BCUT2D eigenvalue weighted by Gasteiger charge is 2.08. The molecule has 1 rings (SSSR count). The van der Waals surface area contributed by atoms with Gasteiger partial charge in [0.2, 0.25) is 5.91 Å². The van der Waals surface area contributed by atoms with Crippen molar-refractivity contribution in [1.82, 2.24) is 4.90 Å². The van der Waals surface area contributed by atoms with E-state index in [1.165, 1.54) is 0 Å². The number of benzene rings is 1. The summed E-state index contributed by atoms with van der Waals surface area (Å²) in [7, 11) is 4.02. The first-order valence-electron chi connectivity index (χ1n) is 4.73. The molecule has 0 aliphatic rings. The molecule has 0 aromatic heterocycles. The minimum absolute atomic E-state index is 0.347. The van der Waals surface area contributed by atoms with Crippen molar-refractivity contribution in [2.75, 3.05) is 20.6 Å². The predicted molar refractivity (Wildman–Crippen MR) is 69.9 cm³/mol. The van der Waals surface area contributed by atoms with Crippen LogP contribution in [0.1, 0.15) is 15.9 Å². The molecular formula is C11H15IN2O. The average molecular weight is 318 g/mol. The van der Waals surface area contributed by atoms with Crippen LogP contribution in [-0.2, 0) is 6.42 Å². The van der Waals surface area contributed by atoms with E-state index in [2.05, 4.69) is 27.5 Å². The molecule has 15 heavy (non-hydrogen) atoms. The maximum atomic E-state index is 11.2. The summed E-state index contributed by atoms with van der Waals surface area (Å²) in [6.45, 7) is 0.917. The van der Waals surface area contributed by atoms with Crippen LogP contribution in [0.2, 0.25) is 0 Å². The number of carbonyl (C=O) groups excluding carboxylic acids is 1. The van der Waals surface area contributed by atoms with Crippen LogP contribution in [0.5, 0.6) is 0 Å². The monoisotopic (exact) mass is 318 g/mol. The Kier molecular flexibility index (Phi) is 4.53. The lowest BCUT2D eigenvalue weighted by Crippen LogP contribution is -2.19. The van der Waals surface area contributed by atoms with Crippen LogP contribution in [-0.4, -0.2) is 31.4 Å². The summed E-state index contributed by atoms with van der Waals surface area (Å²) in [5.74, 6) is -0.347. The number of primary amides is 1. The van der Waals surface area contributed by atoms with E-state index in [0.717, 1.165) is 22.1 Å². The van der Waals surface area contributed by atoms with E-state index in [1.807, 2.05) is 26.2 Å². The lowest BCUT2D eigenvalue weighted by Gasteiger charge is -2.11. The minimum Gasteiger partial charge on any atom is -0.366 e. The van der Waals surface area contributed by atoms with Crippen LogP contribution in [0.25, 0.3) is 0 Å². The van der Waals surface area contributed by atoms with Gasteiger partial charge >= 0.3 is 0 Å². The molecule has 4 heteroatoms. The molecule has 82 valence electrons. The standard InChI is InChI=1S/C11H15IN2O/c1-14(2)6-5-8-7-9(12)3-4-10(8)11(13)15/h3-4,7H,5-6H2,1-2H3,(H2,13,15). The van der Waals surface area contributed by atoms with Crippen LogP contribution < -0.4 is 5.73 Å². The molecule has 3 nitrogen and oxygen atoms in total. The molecule has 0 saturated carbocycles. The third-order valence-corrected chi connectivity index (χ3v) is 2.83. The molecule has 0 heterocycles. The van der Waals surface area contributed by atoms with E-state index in [4.69, 9.17) is 5.73 Å². The van der Waals surface area contributed by atoms with Crippen LogP contribution in [0.3, 0.4) is 0 Å². The molecule has 0 aliphatic heterocycles. The van der Waals surface area contributed by atoms with E-state index in [1.54, 1.807) is 6.07 Å². The molecule has 0 saturated heterocycles. The van der Waals surface area contributed by atoms with Crippen molar-refractivity contribution >= 4 is 28.5 Å². The fourth-order valence-corrected chi connectivity index (χ4v) is 1.91. The lowest BCUT2D eigenvalue weighted by atomic mass is 10.0. The minimum atomic E-state index is -0.347. The average Bonchev–Trinajstić information content (AvgIpc) is 2.14. The molecule has 0 radical (unpaired) electrons. The van der Waals surface area contributed by atoms with Crippen LogP contribution in [0.15, 0.2) is 18.2 Å². The molecule has 0 bridgehead atoms. The highest BCUT2D eigenvalue weighted by Crippen LogP contribution is 2.14. The fraction of sp³-hybridized carbons (Fsp3) is 0.364. The number of nitrogens with two attached hydrogens (primary N) is 1. The Labute approximate surface area is 104 Å². The van der Waals surface area contributed by atoms with Crippen LogP contribution in [0.4, 0.5) is 0 Å². The smallest absolute Gasteiger partial charge is 0.248 e. The summed E-state index contributed by atoms with van der Waals surface area (Å²) in [5, 5.41) is 0. The Morgan fingerprint density at radius 1 is 1.47 bits per heavy atom. The molecule has 0 aliphatic carbocycles. The summed E-state index contributed by atoms with van der Waals surface area (Å²) in [6.07, 6.45) is 0.849. The lowest BCUT2D eigenvalue weighted by molar-refractivity contribution is 0.0999. The van der Waals surface area contributed by atoms with Gasteiger partial charge in [-0.15, -0.1) is 0 Å². The van der Waals surface area contributed by atoms with E-state index >= 15 is 0 Å². The second-order valence-corrected chi connectivity index (χ2v) is 4.96. The quantitative estimate of drug-likeness (QED) is 0.855. The van der Waals surface area contributed by atoms with Gasteiger partial charge in [0, 0.05) is 15.7 Å². The Hall–Kier alpha value is -0.620. The molecule has 2 N–H and O–H groups in total. The van der Waals surface area contributed by atoms with Gasteiger partial charge in [-0.25, -0.2) is 0 Å². The number of hydrogen-bond donors (Lipinski definition) is 1. The summed E-state index contributed by atoms with van der Waals surface area (Å²) in [6, 6.07) is 5.72. The molecule has 0 fully saturated rings. The first-order valence-corrected chi connectivity index (χ1v) is 5.81. The zero-order valence-corrected chi connectivity index (χ0v) is 11.1. The topological polar surface area (TPSA) is 46.3 Å². The van der Waals surface area contributed by atoms with Gasteiger partial charge in [-0.2, -0.15) is 0 Å². The van der Waals surface area contributed by atoms with Gasteiger partial charge in [-0.1, -0.05) is 0 Å². The van der Waals surface area contributed by atoms with Crippen LogP contribution in [0, 0.1) is 3.57 Å². The Morgan fingerprint density at radius 2 is 2.13 bits per heavy atom. The maximum absolute atomic E-state index is 11.2. The molecule has 1 aromatic carbocycles. The summed E-state index contributed by atoms with van der Waals surface area (Å²) in [5.41, 5.74) is 6.98. The SMILES string of the molecule is CN(C)CCc1cc(I)ccc1C(N)=O.